The number of hydrogen-bond donors (Lipinski definition) is 1. The lowest BCUT2D eigenvalue weighted by Gasteiger charge is -2.27. The topological polar surface area (TPSA) is 81.5 Å². The Morgan fingerprint density at radius 1 is 1.09 bits per heavy atom. The molecule has 8 nitrogen and oxygen atoms in total. The fourth-order valence-electron chi connectivity index (χ4n) is 3.89. The van der Waals surface area contributed by atoms with E-state index in [1.54, 1.807) is 36.3 Å². The molecule has 1 aliphatic heterocycles. The van der Waals surface area contributed by atoms with E-state index in [2.05, 4.69) is 20.3 Å². The van der Waals surface area contributed by atoms with Crippen molar-refractivity contribution in [2.24, 2.45) is 0 Å². The molecular weight excluding hydrogens is 449 g/mol. The minimum Gasteiger partial charge on any atom is -0.497 e. The van der Waals surface area contributed by atoms with E-state index >= 15 is 0 Å². The molecule has 0 saturated carbocycles. The standard InChI is InChI=1S/C26H24FN5O3/c1-34-22-4-2-3-18(15-22)25-23(17-32(30-25)21-8-5-19(27)6-9-21)26(33)29-20-7-10-24(28-16-20)31-11-13-35-14-12-31/h2-10,15-17H,11-14H2,1H3,(H,29,33). The lowest BCUT2D eigenvalue weighted by atomic mass is 10.1. The highest BCUT2D eigenvalue weighted by molar-refractivity contribution is 6.08. The first kappa shape index (κ1) is 22.5. The molecule has 35 heavy (non-hydrogen) atoms. The van der Waals surface area contributed by atoms with Crippen molar-refractivity contribution in [2.45, 2.75) is 0 Å². The molecule has 0 unspecified atom stereocenters. The second-order valence-corrected chi connectivity index (χ2v) is 8.00. The van der Waals surface area contributed by atoms with E-state index < -0.39 is 0 Å². The highest BCUT2D eigenvalue weighted by Gasteiger charge is 2.20. The Kier molecular flexibility index (Phi) is 6.40. The van der Waals surface area contributed by atoms with E-state index in [0.29, 0.717) is 41.6 Å². The number of pyridine rings is 1. The Morgan fingerprint density at radius 3 is 2.60 bits per heavy atom. The quantitative estimate of drug-likeness (QED) is 0.453. The Bertz CT molecular complexity index is 1320. The predicted octanol–water partition coefficient (Wildman–Crippen LogP) is 4.17. The number of aromatic nitrogens is 3. The summed E-state index contributed by atoms with van der Waals surface area (Å²) in [5.74, 6) is 0.803. The van der Waals surface area contributed by atoms with Crippen molar-refractivity contribution in [3.63, 3.8) is 0 Å². The van der Waals surface area contributed by atoms with Crippen molar-refractivity contribution in [1.82, 2.24) is 14.8 Å². The molecule has 1 fully saturated rings. The van der Waals surface area contributed by atoms with E-state index in [1.807, 2.05) is 36.4 Å². The van der Waals surface area contributed by atoms with Gasteiger partial charge in [-0.15, -0.1) is 0 Å². The first-order valence-electron chi connectivity index (χ1n) is 11.2. The number of ether oxygens (including phenoxy) is 2. The summed E-state index contributed by atoms with van der Waals surface area (Å²) in [5, 5.41) is 7.55. The van der Waals surface area contributed by atoms with Gasteiger partial charge in [0.15, 0.2) is 0 Å². The van der Waals surface area contributed by atoms with Gasteiger partial charge in [0, 0.05) is 24.8 Å². The highest BCUT2D eigenvalue weighted by Crippen LogP contribution is 2.28. The number of nitrogens with zero attached hydrogens (tertiary/aromatic N) is 4. The summed E-state index contributed by atoms with van der Waals surface area (Å²) in [6.45, 7) is 2.91. The minimum atomic E-state index is -0.347. The monoisotopic (exact) mass is 473 g/mol. The zero-order chi connectivity index (χ0) is 24.2. The number of carbonyl (C=O) groups excluding carboxylic acids is 1. The van der Waals surface area contributed by atoms with Crippen LogP contribution < -0.4 is 15.0 Å². The highest BCUT2D eigenvalue weighted by atomic mass is 19.1. The molecular formula is C26H24FN5O3. The van der Waals surface area contributed by atoms with Crippen LogP contribution in [0.1, 0.15) is 10.4 Å². The van der Waals surface area contributed by atoms with E-state index in [-0.39, 0.29) is 11.7 Å². The van der Waals surface area contributed by atoms with Crippen LogP contribution in [0.5, 0.6) is 5.75 Å². The summed E-state index contributed by atoms with van der Waals surface area (Å²) in [6.07, 6.45) is 3.27. The van der Waals surface area contributed by atoms with Gasteiger partial charge in [-0.25, -0.2) is 14.1 Å². The third kappa shape index (κ3) is 4.99. The van der Waals surface area contributed by atoms with Gasteiger partial charge >= 0.3 is 0 Å². The molecule has 1 saturated heterocycles. The number of benzene rings is 2. The van der Waals surface area contributed by atoms with E-state index in [0.717, 1.165) is 24.5 Å². The normalized spacial score (nSPS) is 13.5. The van der Waals surface area contributed by atoms with Gasteiger partial charge < -0.3 is 19.7 Å². The maximum Gasteiger partial charge on any atom is 0.259 e. The van der Waals surface area contributed by atoms with Gasteiger partial charge in [0.25, 0.3) is 5.91 Å². The number of carbonyl (C=O) groups is 1. The Morgan fingerprint density at radius 2 is 1.89 bits per heavy atom. The van der Waals surface area contributed by atoms with Crippen LogP contribution in [-0.4, -0.2) is 54.1 Å². The van der Waals surface area contributed by atoms with Crippen LogP contribution in [0.15, 0.2) is 73.1 Å². The lowest BCUT2D eigenvalue weighted by Crippen LogP contribution is -2.36. The van der Waals surface area contributed by atoms with Crippen LogP contribution >= 0.6 is 0 Å². The summed E-state index contributed by atoms with van der Waals surface area (Å²) in [5.41, 5.74) is 2.75. The predicted molar refractivity (Wildman–Crippen MR) is 131 cm³/mol. The number of morpholine rings is 1. The molecule has 3 heterocycles. The molecule has 1 aliphatic rings. The number of rotatable bonds is 6. The van der Waals surface area contributed by atoms with Gasteiger partial charge in [0.2, 0.25) is 0 Å². The molecule has 0 bridgehead atoms. The van der Waals surface area contributed by atoms with Gasteiger partial charge in [0.05, 0.1) is 43.5 Å². The summed E-state index contributed by atoms with van der Waals surface area (Å²) < 4.78 is 25.7. The van der Waals surface area contributed by atoms with E-state index in [1.165, 1.54) is 12.1 Å². The second-order valence-electron chi connectivity index (χ2n) is 8.00. The van der Waals surface area contributed by atoms with Crippen molar-refractivity contribution < 1.29 is 18.7 Å². The van der Waals surface area contributed by atoms with Crippen molar-refractivity contribution in [1.29, 1.82) is 0 Å². The van der Waals surface area contributed by atoms with Crippen molar-refractivity contribution in [2.75, 3.05) is 43.6 Å². The molecule has 1 amide bonds. The molecule has 5 rings (SSSR count). The van der Waals surface area contributed by atoms with Crippen molar-refractivity contribution in [3.05, 3.63) is 84.4 Å². The van der Waals surface area contributed by atoms with Crippen LogP contribution in [0.2, 0.25) is 0 Å². The Balaban J connectivity index is 1.45. The molecule has 4 aromatic rings. The van der Waals surface area contributed by atoms with Crippen LogP contribution in [0, 0.1) is 5.82 Å². The molecule has 1 N–H and O–H groups in total. The average Bonchev–Trinajstić information content (AvgIpc) is 3.36. The van der Waals surface area contributed by atoms with Crippen molar-refractivity contribution >= 4 is 17.4 Å². The third-order valence-electron chi connectivity index (χ3n) is 5.73. The maximum atomic E-state index is 13.4. The molecule has 0 spiro atoms. The average molecular weight is 474 g/mol. The Hall–Kier alpha value is -4.24. The molecule has 9 heteroatoms. The number of hydrogen-bond acceptors (Lipinski definition) is 6. The zero-order valence-electron chi connectivity index (χ0n) is 19.1. The number of nitrogens with one attached hydrogen (secondary N) is 1. The second kappa shape index (κ2) is 9.94. The molecule has 0 radical (unpaired) electrons. The largest absolute Gasteiger partial charge is 0.497 e. The first-order chi connectivity index (χ1) is 17.1. The number of amides is 1. The first-order valence-corrected chi connectivity index (χ1v) is 11.2. The third-order valence-corrected chi connectivity index (χ3v) is 5.73. The number of halogens is 1. The molecule has 0 atom stereocenters. The summed E-state index contributed by atoms with van der Waals surface area (Å²) in [4.78, 5) is 20.0. The van der Waals surface area contributed by atoms with Gasteiger partial charge in [-0.3, -0.25) is 4.79 Å². The lowest BCUT2D eigenvalue weighted by molar-refractivity contribution is 0.102. The van der Waals surface area contributed by atoms with Gasteiger partial charge in [-0.05, 0) is 48.5 Å². The van der Waals surface area contributed by atoms with Gasteiger partial charge in [0.1, 0.15) is 23.1 Å². The van der Waals surface area contributed by atoms with E-state index in [4.69, 9.17) is 9.47 Å². The Labute approximate surface area is 201 Å². The molecule has 2 aromatic heterocycles. The summed E-state index contributed by atoms with van der Waals surface area (Å²) in [7, 11) is 1.58. The fourth-order valence-corrected chi connectivity index (χ4v) is 3.89. The molecule has 2 aromatic carbocycles. The van der Waals surface area contributed by atoms with Crippen molar-refractivity contribution in [3.8, 4) is 22.7 Å². The number of anilines is 2. The minimum absolute atomic E-state index is 0.336. The fraction of sp³-hybridized carbons (Fsp3) is 0.192. The van der Waals surface area contributed by atoms with Gasteiger partial charge in [-0.1, -0.05) is 12.1 Å². The smallest absolute Gasteiger partial charge is 0.259 e. The zero-order valence-corrected chi connectivity index (χ0v) is 19.1. The van der Waals surface area contributed by atoms with Crippen LogP contribution in [0.4, 0.5) is 15.9 Å². The molecule has 0 aliphatic carbocycles. The SMILES string of the molecule is COc1cccc(-c2nn(-c3ccc(F)cc3)cc2C(=O)Nc2ccc(N3CCOCC3)nc2)c1. The van der Waals surface area contributed by atoms with Crippen LogP contribution in [-0.2, 0) is 4.74 Å². The van der Waals surface area contributed by atoms with Crippen LogP contribution in [0.25, 0.3) is 16.9 Å². The van der Waals surface area contributed by atoms with Gasteiger partial charge in [-0.2, -0.15) is 5.10 Å². The summed E-state index contributed by atoms with van der Waals surface area (Å²) >= 11 is 0. The van der Waals surface area contributed by atoms with Crippen LogP contribution in [0.3, 0.4) is 0 Å². The summed E-state index contributed by atoms with van der Waals surface area (Å²) in [6, 6.07) is 16.9. The van der Waals surface area contributed by atoms with E-state index in [9.17, 15) is 9.18 Å². The number of methoxy groups -OCH3 is 1. The maximum absolute atomic E-state index is 13.4. The molecule has 178 valence electrons.